The van der Waals surface area contributed by atoms with Crippen LogP contribution in [0.4, 0.5) is 0 Å². The molecule has 30 heavy (non-hydrogen) atoms. The maximum atomic E-state index is 13.1. The number of aromatic nitrogens is 3. The molecule has 156 valence electrons. The average molecular weight is 407 g/mol. The molecule has 4 heterocycles. The van der Waals surface area contributed by atoms with Crippen LogP contribution < -0.4 is 10.9 Å². The molecule has 1 aliphatic rings. The Kier molecular flexibility index (Phi) is 5.76. The monoisotopic (exact) mass is 407 g/mol. The van der Waals surface area contributed by atoms with Crippen molar-refractivity contribution < 1.29 is 9.32 Å². The van der Waals surface area contributed by atoms with E-state index >= 15 is 0 Å². The Morgan fingerprint density at radius 1 is 1.33 bits per heavy atom. The number of pyridine rings is 2. The van der Waals surface area contributed by atoms with Gasteiger partial charge in [0.15, 0.2) is 5.76 Å². The number of hydrogen-bond donors (Lipinski definition) is 1. The third-order valence-corrected chi connectivity index (χ3v) is 5.50. The van der Waals surface area contributed by atoms with Gasteiger partial charge >= 0.3 is 0 Å². The van der Waals surface area contributed by atoms with Crippen LogP contribution in [-0.4, -0.2) is 45.7 Å². The molecule has 8 nitrogen and oxygen atoms in total. The van der Waals surface area contributed by atoms with Crippen molar-refractivity contribution in [2.75, 3.05) is 20.1 Å². The van der Waals surface area contributed by atoms with Gasteiger partial charge < -0.3 is 19.3 Å². The summed E-state index contributed by atoms with van der Waals surface area (Å²) in [4.78, 5) is 31.8. The van der Waals surface area contributed by atoms with Crippen LogP contribution in [0.2, 0.25) is 0 Å². The van der Waals surface area contributed by atoms with Gasteiger partial charge in [0.25, 0.3) is 11.5 Å². The fourth-order valence-corrected chi connectivity index (χ4v) is 3.81. The molecule has 3 aromatic heterocycles. The molecule has 0 radical (unpaired) electrons. The van der Waals surface area contributed by atoms with Crippen molar-refractivity contribution in [2.45, 2.75) is 32.4 Å². The molecule has 1 amide bonds. The van der Waals surface area contributed by atoms with E-state index in [1.807, 2.05) is 18.2 Å². The molecule has 0 aromatic carbocycles. The number of piperidine rings is 1. The quantitative estimate of drug-likeness (QED) is 0.698. The predicted molar refractivity (Wildman–Crippen MR) is 112 cm³/mol. The molecular formula is C22H25N5O3. The Morgan fingerprint density at radius 2 is 2.13 bits per heavy atom. The van der Waals surface area contributed by atoms with Crippen LogP contribution in [0, 0.1) is 6.92 Å². The minimum Gasteiger partial charge on any atom is -0.359 e. The minimum atomic E-state index is -0.319. The van der Waals surface area contributed by atoms with Crippen LogP contribution in [0.3, 0.4) is 0 Å². The van der Waals surface area contributed by atoms with E-state index in [0.717, 1.165) is 31.5 Å². The zero-order valence-electron chi connectivity index (χ0n) is 17.2. The summed E-state index contributed by atoms with van der Waals surface area (Å²) in [5, 5.41) is 7.36. The number of nitrogens with zero attached hydrogens (tertiary/aromatic N) is 4. The zero-order chi connectivity index (χ0) is 21.1. The largest absolute Gasteiger partial charge is 0.359 e. The van der Waals surface area contributed by atoms with Crippen molar-refractivity contribution in [2.24, 2.45) is 0 Å². The van der Waals surface area contributed by atoms with E-state index in [1.54, 1.807) is 43.2 Å². The van der Waals surface area contributed by atoms with Gasteiger partial charge in [-0.25, -0.2) is 0 Å². The molecule has 1 N–H and O–H groups in total. The van der Waals surface area contributed by atoms with Crippen molar-refractivity contribution in [3.05, 3.63) is 70.1 Å². The molecule has 0 saturated carbocycles. The molecule has 8 heteroatoms. The maximum Gasteiger partial charge on any atom is 0.263 e. The first-order chi connectivity index (χ1) is 14.5. The highest BCUT2D eigenvalue weighted by Crippen LogP contribution is 2.20. The van der Waals surface area contributed by atoms with Gasteiger partial charge in [-0.15, -0.1) is 0 Å². The third-order valence-electron chi connectivity index (χ3n) is 5.50. The second kappa shape index (κ2) is 8.62. The van der Waals surface area contributed by atoms with Crippen LogP contribution in [0.5, 0.6) is 0 Å². The molecule has 0 unspecified atom stereocenters. The molecule has 0 atom stereocenters. The first-order valence-electron chi connectivity index (χ1n) is 10.1. The Morgan fingerprint density at radius 3 is 2.87 bits per heavy atom. The number of amides is 1. The summed E-state index contributed by atoms with van der Waals surface area (Å²) >= 11 is 0. The van der Waals surface area contributed by atoms with Gasteiger partial charge in [0.05, 0.1) is 6.54 Å². The molecule has 4 rings (SSSR count). The van der Waals surface area contributed by atoms with Crippen LogP contribution in [0.25, 0.3) is 11.3 Å². The molecule has 3 aromatic rings. The molecule has 1 fully saturated rings. The number of carbonyl (C=O) groups is 1. The average Bonchev–Trinajstić information content (AvgIpc) is 3.23. The van der Waals surface area contributed by atoms with E-state index < -0.39 is 0 Å². The lowest BCUT2D eigenvalue weighted by atomic mass is 10.0. The summed E-state index contributed by atoms with van der Waals surface area (Å²) in [6.45, 7) is 3.76. The summed E-state index contributed by atoms with van der Waals surface area (Å²) in [6, 6.07) is 7.46. The van der Waals surface area contributed by atoms with Crippen LogP contribution in [0.15, 0.2) is 52.2 Å². The van der Waals surface area contributed by atoms with Gasteiger partial charge in [0.1, 0.15) is 11.3 Å². The van der Waals surface area contributed by atoms with Gasteiger partial charge in [0, 0.05) is 43.3 Å². The molecule has 0 aliphatic carbocycles. The SMILES string of the molecule is Cc1ccn(C2CCNCC2)c(=O)c1C(=O)N(C)Cc1cc(-c2cccnc2)no1. The van der Waals surface area contributed by atoms with Gasteiger partial charge in [-0.2, -0.15) is 0 Å². The first-order valence-corrected chi connectivity index (χ1v) is 10.1. The minimum absolute atomic E-state index is 0.118. The van der Waals surface area contributed by atoms with Gasteiger partial charge in [-0.3, -0.25) is 14.6 Å². The van der Waals surface area contributed by atoms with Crippen molar-refractivity contribution in [1.82, 2.24) is 24.9 Å². The lowest BCUT2D eigenvalue weighted by Crippen LogP contribution is -2.38. The van der Waals surface area contributed by atoms with E-state index in [0.29, 0.717) is 17.0 Å². The van der Waals surface area contributed by atoms with E-state index in [-0.39, 0.29) is 29.6 Å². The predicted octanol–water partition coefficient (Wildman–Crippen LogP) is 2.40. The fraction of sp³-hybridized carbons (Fsp3) is 0.364. The van der Waals surface area contributed by atoms with Crippen molar-refractivity contribution in [1.29, 1.82) is 0 Å². The van der Waals surface area contributed by atoms with Gasteiger partial charge in [-0.1, -0.05) is 5.16 Å². The number of aryl methyl sites for hydroxylation is 1. The van der Waals surface area contributed by atoms with Gasteiger partial charge in [0.2, 0.25) is 0 Å². The fourth-order valence-electron chi connectivity index (χ4n) is 3.81. The standard InChI is InChI=1S/C22H25N5O3/c1-15-7-11-27(17-5-9-23-10-6-17)22(29)20(15)21(28)26(2)14-18-12-19(25-30-18)16-4-3-8-24-13-16/h3-4,7-8,11-13,17,23H,5-6,9-10,14H2,1-2H3. The summed E-state index contributed by atoms with van der Waals surface area (Å²) in [7, 11) is 1.66. The molecule has 0 bridgehead atoms. The molecule has 1 saturated heterocycles. The van der Waals surface area contributed by atoms with Crippen molar-refractivity contribution >= 4 is 5.91 Å². The zero-order valence-corrected chi connectivity index (χ0v) is 17.2. The number of carbonyl (C=O) groups excluding carboxylic acids is 1. The number of hydrogen-bond acceptors (Lipinski definition) is 6. The Balaban J connectivity index is 1.54. The highest BCUT2D eigenvalue weighted by atomic mass is 16.5. The lowest BCUT2D eigenvalue weighted by Gasteiger charge is -2.26. The smallest absolute Gasteiger partial charge is 0.263 e. The highest BCUT2D eigenvalue weighted by Gasteiger charge is 2.24. The molecule has 0 spiro atoms. The Labute approximate surface area is 174 Å². The molecular weight excluding hydrogens is 382 g/mol. The summed E-state index contributed by atoms with van der Waals surface area (Å²) in [6.07, 6.45) is 6.95. The van der Waals surface area contributed by atoms with E-state index in [2.05, 4.69) is 15.5 Å². The van der Waals surface area contributed by atoms with Crippen LogP contribution >= 0.6 is 0 Å². The Bertz CT molecular complexity index is 1080. The van der Waals surface area contributed by atoms with E-state index in [4.69, 9.17) is 4.52 Å². The number of nitrogens with one attached hydrogen (secondary N) is 1. The van der Waals surface area contributed by atoms with Crippen molar-refractivity contribution in [3.8, 4) is 11.3 Å². The summed E-state index contributed by atoms with van der Waals surface area (Å²) in [5.74, 6) is 0.220. The summed E-state index contributed by atoms with van der Waals surface area (Å²) in [5.41, 5.74) is 2.15. The van der Waals surface area contributed by atoms with Crippen LogP contribution in [-0.2, 0) is 6.54 Å². The second-order valence-electron chi connectivity index (χ2n) is 7.65. The van der Waals surface area contributed by atoms with E-state index in [9.17, 15) is 9.59 Å². The summed E-state index contributed by atoms with van der Waals surface area (Å²) < 4.78 is 7.11. The topological polar surface area (TPSA) is 93.3 Å². The third kappa shape index (κ3) is 4.04. The Hall–Kier alpha value is -3.26. The molecule has 1 aliphatic heterocycles. The second-order valence-corrected chi connectivity index (χ2v) is 7.65. The van der Waals surface area contributed by atoms with E-state index in [1.165, 1.54) is 4.90 Å². The first kappa shape index (κ1) is 20.0. The maximum absolute atomic E-state index is 13.1. The normalized spacial score (nSPS) is 14.6. The van der Waals surface area contributed by atoms with Gasteiger partial charge in [-0.05, 0) is 56.6 Å². The van der Waals surface area contributed by atoms with Crippen LogP contribution in [0.1, 0.15) is 40.6 Å². The highest BCUT2D eigenvalue weighted by molar-refractivity contribution is 5.95. The number of rotatable bonds is 5. The van der Waals surface area contributed by atoms with Crippen molar-refractivity contribution in [3.63, 3.8) is 0 Å². The lowest BCUT2D eigenvalue weighted by molar-refractivity contribution is 0.0768.